The van der Waals surface area contributed by atoms with Gasteiger partial charge in [-0.1, -0.05) is 125 Å². The van der Waals surface area contributed by atoms with Crippen LogP contribution in [0.3, 0.4) is 0 Å². The Bertz CT molecular complexity index is 5640. The maximum Gasteiger partial charge on any atom is 0.407 e. The molecule has 1 fully saturated rings. The summed E-state index contributed by atoms with van der Waals surface area (Å²) in [4.78, 5) is 323. The first-order valence-electron chi connectivity index (χ1n) is 47.5. The molecular formula is C98H125N17O31. The number of aliphatic hydroxyl groups excluding tert-OH is 1. The fourth-order valence-electron chi connectivity index (χ4n) is 15.7. The minimum atomic E-state index is -2.36. The lowest BCUT2D eigenvalue weighted by Crippen LogP contribution is -2.60. The lowest BCUT2D eigenvalue weighted by Gasteiger charge is -2.29. The summed E-state index contributed by atoms with van der Waals surface area (Å²) in [6.45, 7) is 0.259. The number of aliphatic hydroxyl groups is 1. The number of carbonyl (C=O) groups is 23. The number of alkyl carbamates (subject to hydrolysis) is 1. The molecule has 146 heavy (non-hydrogen) atoms. The zero-order chi connectivity index (χ0) is 107. The fourth-order valence-corrected chi connectivity index (χ4v) is 15.7. The molecule has 4 aromatic carbocycles. The number of Topliss-reactive ketones (excluding diaryl/α,β-unsaturated/α-hetero) is 3. The Morgan fingerprint density at radius 3 is 1.82 bits per heavy atom. The van der Waals surface area contributed by atoms with E-state index in [4.69, 9.17) is 25.7 Å². The Hall–Kier alpha value is -16.1. The molecule has 0 saturated carbocycles. The summed E-state index contributed by atoms with van der Waals surface area (Å²) >= 11 is 0. The van der Waals surface area contributed by atoms with Crippen molar-refractivity contribution in [2.45, 2.75) is 230 Å². The third kappa shape index (κ3) is 39.3. The van der Waals surface area contributed by atoms with Crippen LogP contribution in [0.1, 0.15) is 189 Å². The van der Waals surface area contributed by atoms with Gasteiger partial charge in [0, 0.05) is 104 Å². The zero-order valence-electron chi connectivity index (χ0n) is 81.0. The number of aliphatic carboxylic acids is 4. The van der Waals surface area contributed by atoms with Crippen molar-refractivity contribution >= 4 is 158 Å². The van der Waals surface area contributed by atoms with Crippen molar-refractivity contribution in [2.75, 3.05) is 63.2 Å². The molecule has 1 aromatic heterocycles. The second-order valence-corrected chi connectivity index (χ2v) is 35.0. The molecule has 2 aliphatic heterocycles. The molecule has 5 aromatic rings. The number of cyclic esters (lactones) is 1. The molecule has 23 N–H and O–H groups in total. The number of ether oxygens (including phenoxy) is 3. The highest BCUT2D eigenvalue weighted by Crippen LogP contribution is 2.29. The number of hydrogen-bond acceptors (Lipinski definition) is 28. The quantitative estimate of drug-likeness (QED) is 0.00744. The van der Waals surface area contributed by atoms with E-state index in [0.717, 1.165) is 64.0 Å². The highest BCUT2D eigenvalue weighted by Gasteiger charge is 2.42. The van der Waals surface area contributed by atoms with E-state index in [9.17, 15) is 121 Å². The van der Waals surface area contributed by atoms with Gasteiger partial charge in [-0.05, 0) is 86.6 Å². The Kier molecular flexibility index (Phi) is 47.8. The number of esters is 1. The number of H-pyrrole nitrogens is 1. The number of nitrogens with two attached hydrogens (primary N) is 2. The number of ketones is 3. The van der Waals surface area contributed by atoms with Crippen molar-refractivity contribution in [1.82, 2.24) is 74.1 Å². The highest BCUT2D eigenvalue weighted by atomic mass is 16.6. The van der Waals surface area contributed by atoms with E-state index in [-0.39, 0.29) is 82.2 Å². The topological polar surface area (TPSA) is 749 Å². The van der Waals surface area contributed by atoms with E-state index >= 15 is 14.4 Å². The van der Waals surface area contributed by atoms with Gasteiger partial charge in [-0.3, -0.25) is 101 Å². The van der Waals surface area contributed by atoms with Crippen molar-refractivity contribution < 1.29 is 150 Å². The summed E-state index contributed by atoms with van der Waals surface area (Å²) in [5.41, 5.74) is 15.3. The summed E-state index contributed by atoms with van der Waals surface area (Å²) in [5.74, 6) is -28.2. The highest BCUT2D eigenvalue weighted by molar-refractivity contribution is 6.06. The number of carbonyl (C=O) groups excluding carboxylic acids is 19. The van der Waals surface area contributed by atoms with Crippen LogP contribution in [0.4, 0.5) is 16.2 Å². The number of nitrogen functional groups attached to an aromatic ring is 1. The van der Waals surface area contributed by atoms with Gasteiger partial charge in [0.05, 0.1) is 94.7 Å². The number of aromatic amines is 1. The molecule has 3 heterocycles. The van der Waals surface area contributed by atoms with Gasteiger partial charge in [0.1, 0.15) is 55.0 Å². The normalized spacial score (nSPS) is 19.3. The van der Waals surface area contributed by atoms with Crippen LogP contribution in [0, 0.1) is 29.6 Å². The number of benzene rings is 4. The van der Waals surface area contributed by atoms with E-state index in [1.54, 1.807) is 59.6 Å². The number of carboxylic acids is 4. The van der Waals surface area contributed by atoms with E-state index in [0.29, 0.717) is 40.6 Å². The van der Waals surface area contributed by atoms with Gasteiger partial charge in [-0.25, -0.2) is 9.59 Å². The molecule has 0 spiro atoms. The standard InChI is InChI=1S/C98H125N17O31/c1-5-6-7-8-9-10-11-30-80(122)108-68(41-61-49-103-66-27-18-16-24-62(61)66)76(118)42-60(43-78(100)120)90(135)110-69(46-85(128)129)77(119)44-64-56(4)146-97(142)72(45-75(117)63-25-15-17-26-65(63)99)113-96(141)88(54(2)40-84(126)127)114-95(140)73(53-116)109-82(124)51-105-92(137)70(47-86(130)131)111-89(134)55(3)106-94(139)71(48-87(132)133)112-93(138)67(107-81(123)50-104-91(64)136)28-20-35-102-98(143)145-39-38-144-37-36-101-79(121)33-34-83(125)115-52-59-23-13-12-21-57(59)31-32-58-22-14-19-29-74(58)115/h12-19,21-27,29,49,54-56,60,64,67-73,88,103,116H,5-11,20,28,30,33-48,50-53,99H2,1-4H3,(H2,100,120)(H,101,121)(H,102,143)(H,104,136)(H,105,137)(H,106,139)(H,107,123)(H,108,122)(H,109,124)(H,110,135)(H,111,134)(H,112,138)(H,113,141)(H,114,140)(H,126,127)(H,128,129)(H,130,131)(H,132,133)/t54-,55-,56-,60-,64+,67+,68+,69+,70+,71+,72+,73-,88+/m1/s1. The number of fused-ring (bicyclic) bond motifs is 3. The van der Waals surface area contributed by atoms with E-state index < -0.39 is 292 Å². The van der Waals surface area contributed by atoms with Crippen LogP contribution < -0.4 is 85.5 Å². The molecule has 0 radical (unpaired) electrons. The number of primary amides is 1. The Labute approximate surface area is 837 Å². The van der Waals surface area contributed by atoms with Crippen molar-refractivity contribution in [3.05, 3.63) is 131 Å². The lowest BCUT2D eigenvalue weighted by atomic mass is 9.89. The minimum Gasteiger partial charge on any atom is -0.481 e. The number of para-hydroxylation sites is 3. The number of anilines is 2. The van der Waals surface area contributed by atoms with Crippen molar-refractivity contribution in [2.24, 2.45) is 23.5 Å². The minimum absolute atomic E-state index is 0.0112. The molecule has 48 nitrogen and oxygen atoms in total. The average molecular weight is 2040 g/mol. The summed E-state index contributed by atoms with van der Waals surface area (Å²) in [7, 11) is 0. The van der Waals surface area contributed by atoms with Gasteiger partial charge in [0.2, 0.25) is 82.7 Å². The molecule has 48 heteroatoms. The van der Waals surface area contributed by atoms with Gasteiger partial charge in [-0.2, -0.15) is 0 Å². The molecule has 2 aliphatic rings. The van der Waals surface area contributed by atoms with Gasteiger partial charge in [0.15, 0.2) is 17.3 Å². The lowest BCUT2D eigenvalue weighted by molar-refractivity contribution is -0.158. The Morgan fingerprint density at radius 2 is 1.14 bits per heavy atom. The first-order valence-corrected chi connectivity index (χ1v) is 47.5. The Morgan fingerprint density at radius 1 is 0.534 bits per heavy atom. The Balaban J connectivity index is 1.18. The second kappa shape index (κ2) is 59.7. The van der Waals surface area contributed by atoms with E-state index in [1.807, 2.05) is 40.2 Å². The third-order valence-electron chi connectivity index (χ3n) is 23.5. The molecular weight excluding hydrogens is 1910 g/mol. The maximum atomic E-state index is 15.2. The van der Waals surface area contributed by atoms with Crippen molar-refractivity contribution in [3.8, 4) is 11.8 Å². The molecule has 788 valence electrons. The van der Waals surface area contributed by atoms with Crippen molar-refractivity contribution in [1.29, 1.82) is 0 Å². The number of rotatable bonds is 47. The summed E-state index contributed by atoms with van der Waals surface area (Å²) in [6.07, 6.45) is -6.43. The molecule has 7 rings (SSSR count). The summed E-state index contributed by atoms with van der Waals surface area (Å²) in [6, 6.07) is 8.12. The number of unbranched alkanes of at least 4 members (excludes halogenated alkanes) is 6. The number of nitrogens with one attached hydrogen (secondary N) is 14. The molecule has 15 amide bonds. The van der Waals surface area contributed by atoms with Crippen LogP contribution in [-0.4, -0.2) is 280 Å². The van der Waals surface area contributed by atoms with Crippen LogP contribution in [0.25, 0.3) is 10.9 Å². The SMILES string of the molecule is CCCCCCCCCC(=O)N[C@@H](Cc1c[nH]c2ccccc12)C(=O)C[C@H](CC(N)=O)C(=O)N[C@@H](CC(=O)O)C(=O)C[C@@H]1C(=O)NCC(=O)N[C@@H](CCCNC(=O)OCCOCCNC(=O)CCC(=O)N2Cc3ccccc3C#Cc3ccccc32)C(=O)N[C@@H](CC(=O)O)C(=O)N[C@H](C)C(=O)N[C@@H](CC(=O)O)C(=O)NCC(=O)N[C@H](CO)C(=O)N[C@@H]([C@H](C)CC(=O)O)C(=O)N[C@@H](CC(=O)c2ccccc2N)C(=O)O[C@@H]1C. The van der Waals surface area contributed by atoms with E-state index in [1.165, 1.54) is 24.3 Å². The predicted octanol–water partition coefficient (Wildman–Crippen LogP) is -0.814. The van der Waals surface area contributed by atoms with Crippen molar-refractivity contribution in [3.63, 3.8) is 0 Å². The molecule has 0 aliphatic carbocycles. The molecule has 0 unspecified atom stereocenters. The molecule has 1 saturated heterocycles. The number of amides is 15. The van der Waals surface area contributed by atoms with E-state index in [2.05, 4.69) is 76.9 Å². The maximum absolute atomic E-state index is 15.2. The van der Waals surface area contributed by atoms with Crippen LogP contribution in [0.15, 0.2) is 103 Å². The summed E-state index contributed by atoms with van der Waals surface area (Å²) in [5, 5.41) is 80.5. The number of nitrogens with zero attached hydrogens (tertiary/aromatic N) is 1. The van der Waals surface area contributed by atoms with Crippen LogP contribution in [0.2, 0.25) is 0 Å². The predicted molar refractivity (Wildman–Crippen MR) is 516 cm³/mol. The number of aromatic nitrogens is 1. The number of hydrogen-bond donors (Lipinski definition) is 21. The third-order valence-corrected chi connectivity index (χ3v) is 23.5. The average Bonchev–Trinajstić information content (AvgIpc) is 1.66. The fraction of sp³-hybridized carbons (Fsp3) is 0.480. The van der Waals surface area contributed by atoms with Crippen LogP contribution >= 0.6 is 0 Å². The van der Waals surface area contributed by atoms with Gasteiger partial charge < -0.3 is 130 Å². The summed E-state index contributed by atoms with van der Waals surface area (Å²) < 4.78 is 16.5. The first-order chi connectivity index (χ1) is 69.5. The first kappa shape index (κ1) is 117. The van der Waals surface area contributed by atoms with Crippen LogP contribution in [-0.2, 0) is 128 Å². The molecule has 0 bridgehead atoms. The van der Waals surface area contributed by atoms with Gasteiger partial charge in [0.25, 0.3) is 0 Å². The zero-order valence-corrected chi connectivity index (χ0v) is 81.0. The number of carboxylic acid groups (broad SMARTS) is 4. The van der Waals surface area contributed by atoms with Gasteiger partial charge in [-0.15, -0.1) is 0 Å². The van der Waals surface area contributed by atoms with Gasteiger partial charge >= 0.3 is 35.9 Å². The second-order valence-electron chi connectivity index (χ2n) is 35.0. The largest absolute Gasteiger partial charge is 0.481 e. The monoisotopic (exact) mass is 2040 g/mol. The smallest absolute Gasteiger partial charge is 0.407 e. The van der Waals surface area contributed by atoms with Crippen LogP contribution in [0.5, 0.6) is 0 Å². The molecule has 13 atom stereocenters.